The molecule has 0 radical (unpaired) electrons. The minimum atomic E-state index is -0.0500. The first-order valence-electron chi connectivity index (χ1n) is 4.84. The van der Waals surface area contributed by atoms with Crippen molar-refractivity contribution in [1.82, 2.24) is 0 Å². The molecule has 0 heterocycles. The molecule has 3 N–H and O–H groups in total. The molecule has 0 aromatic heterocycles. The number of amides is 1. The lowest BCUT2D eigenvalue weighted by atomic mass is 10.3. The first-order valence-corrected chi connectivity index (χ1v) is 5.82. The highest BCUT2D eigenvalue weighted by molar-refractivity contribution is 7.99. The standard InChI is InChI=1S/C11H16N2OS/c1-8(12)7-15-11-5-3-10(4-6-11)13-9(2)14/h3-6,8H,7,12H2,1-2H3,(H,13,14)/t8-/m0/s1. The number of carbonyl (C=O) groups is 1. The Hall–Kier alpha value is -1.00. The molecule has 82 valence electrons. The number of rotatable bonds is 4. The van der Waals surface area contributed by atoms with Crippen molar-refractivity contribution in [2.24, 2.45) is 5.73 Å². The maximum absolute atomic E-state index is 10.8. The van der Waals surface area contributed by atoms with E-state index in [9.17, 15) is 4.79 Å². The number of hydrogen-bond donors (Lipinski definition) is 2. The highest BCUT2D eigenvalue weighted by Gasteiger charge is 1.98. The van der Waals surface area contributed by atoms with Crippen molar-refractivity contribution in [2.45, 2.75) is 24.8 Å². The van der Waals surface area contributed by atoms with E-state index in [4.69, 9.17) is 5.73 Å². The Morgan fingerprint density at radius 2 is 2.07 bits per heavy atom. The number of carbonyl (C=O) groups excluding carboxylic acids is 1. The molecular formula is C11H16N2OS. The van der Waals surface area contributed by atoms with Gasteiger partial charge in [0.15, 0.2) is 0 Å². The maximum Gasteiger partial charge on any atom is 0.221 e. The molecule has 0 aliphatic heterocycles. The summed E-state index contributed by atoms with van der Waals surface area (Å²) < 4.78 is 0. The average Bonchev–Trinajstić information content (AvgIpc) is 2.16. The lowest BCUT2D eigenvalue weighted by molar-refractivity contribution is -0.114. The van der Waals surface area contributed by atoms with Gasteiger partial charge in [0.1, 0.15) is 0 Å². The van der Waals surface area contributed by atoms with Crippen LogP contribution in [0, 0.1) is 0 Å². The summed E-state index contributed by atoms with van der Waals surface area (Å²) in [6.45, 7) is 3.48. The molecule has 1 aromatic carbocycles. The van der Waals surface area contributed by atoms with Gasteiger partial charge in [0.05, 0.1) is 0 Å². The second-order valence-corrected chi connectivity index (χ2v) is 4.59. The van der Waals surface area contributed by atoms with Crippen LogP contribution in [0.2, 0.25) is 0 Å². The van der Waals surface area contributed by atoms with Gasteiger partial charge in [0.25, 0.3) is 0 Å². The van der Waals surface area contributed by atoms with Gasteiger partial charge in [-0.1, -0.05) is 0 Å². The zero-order valence-electron chi connectivity index (χ0n) is 8.99. The molecule has 0 aliphatic carbocycles. The summed E-state index contributed by atoms with van der Waals surface area (Å²) >= 11 is 1.72. The molecule has 4 heteroatoms. The van der Waals surface area contributed by atoms with E-state index in [2.05, 4.69) is 5.32 Å². The van der Waals surface area contributed by atoms with Gasteiger partial charge < -0.3 is 11.1 Å². The first kappa shape index (κ1) is 12.1. The van der Waals surface area contributed by atoms with Crippen molar-refractivity contribution in [3.63, 3.8) is 0 Å². The van der Waals surface area contributed by atoms with E-state index >= 15 is 0 Å². The minimum Gasteiger partial charge on any atom is -0.327 e. The van der Waals surface area contributed by atoms with Crippen molar-refractivity contribution in [2.75, 3.05) is 11.1 Å². The Morgan fingerprint density at radius 3 is 2.53 bits per heavy atom. The third kappa shape index (κ3) is 4.85. The summed E-state index contributed by atoms with van der Waals surface area (Å²) in [5.41, 5.74) is 6.48. The maximum atomic E-state index is 10.8. The van der Waals surface area contributed by atoms with E-state index in [1.54, 1.807) is 11.8 Å². The molecule has 0 fully saturated rings. The Morgan fingerprint density at radius 1 is 1.47 bits per heavy atom. The number of nitrogens with one attached hydrogen (secondary N) is 1. The Labute approximate surface area is 94.4 Å². The number of benzene rings is 1. The fourth-order valence-corrected chi connectivity index (χ4v) is 1.85. The molecule has 1 amide bonds. The molecule has 1 atom stereocenters. The lowest BCUT2D eigenvalue weighted by Crippen LogP contribution is -2.17. The third-order valence-electron chi connectivity index (χ3n) is 1.69. The second-order valence-electron chi connectivity index (χ2n) is 3.49. The fraction of sp³-hybridized carbons (Fsp3) is 0.364. The molecule has 0 aliphatic rings. The van der Waals surface area contributed by atoms with Gasteiger partial charge >= 0.3 is 0 Å². The molecule has 0 unspecified atom stereocenters. The van der Waals surface area contributed by atoms with Crippen LogP contribution < -0.4 is 11.1 Å². The third-order valence-corrected chi connectivity index (χ3v) is 2.99. The van der Waals surface area contributed by atoms with Crippen LogP contribution in [-0.2, 0) is 4.79 Å². The Balaban J connectivity index is 2.52. The summed E-state index contributed by atoms with van der Waals surface area (Å²) in [5, 5.41) is 2.72. The van der Waals surface area contributed by atoms with E-state index in [0.29, 0.717) is 0 Å². The van der Waals surface area contributed by atoms with Crippen LogP contribution in [0.5, 0.6) is 0 Å². The number of nitrogens with two attached hydrogens (primary N) is 1. The summed E-state index contributed by atoms with van der Waals surface area (Å²) in [4.78, 5) is 11.9. The van der Waals surface area contributed by atoms with E-state index in [1.165, 1.54) is 11.8 Å². The van der Waals surface area contributed by atoms with Gasteiger partial charge in [-0.05, 0) is 31.2 Å². The summed E-state index contributed by atoms with van der Waals surface area (Å²) in [7, 11) is 0. The van der Waals surface area contributed by atoms with Crippen molar-refractivity contribution < 1.29 is 4.79 Å². The zero-order valence-corrected chi connectivity index (χ0v) is 9.80. The first-order chi connectivity index (χ1) is 7.08. The summed E-state index contributed by atoms with van der Waals surface area (Å²) in [6, 6.07) is 7.96. The van der Waals surface area contributed by atoms with Crippen LogP contribution in [0.1, 0.15) is 13.8 Å². The molecule has 3 nitrogen and oxygen atoms in total. The topological polar surface area (TPSA) is 55.1 Å². The van der Waals surface area contributed by atoms with Gasteiger partial charge in [-0.15, -0.1) is 11.8 Å². The van der Waals surface area contributed by atoms with Gasteiger partial charge in [-0.25, -0.2) is 0 Å². The zero-order chi connectivity index (χ0) is 11.3. The number of thioether (sulfide) groups is 1. The van der Waals surface area contributed by atoms with Crippen LogP contribution in [-0.4, -0.2) is 17.7 Å². The largest absolute Gasteiger partial charge is 0.327 e. The van der Waals surface area contributed by atoms with E-state index in [0.717, 1.165) is 11.4 Å². The monoisotopic (exact) mass is 224 g/mol. The Kier molecular flexibility index (Phi) is 4.65. The number of anilines is 1. The lowest BCUT2D eigenvalue weighted by Gasteiger charge is -2.06. The predicted octanol–water partition coefficient (Wildman–Crippen LogP) is 2.08. The molecule has 0 spiro atoms. The van der Waals surface area contributed by atoms with Gasteiger partial charge in [-0.3, -0.25) is 4.79 Å². The van der Waals surface area contributed by atoms with Crippen molar-refractivity contribution in [3.8, 4) is 0 Å². The van der Waals surface area contributed by atoms with Crippen LogP contribution in [0.4, 0.5) is 5.69 Å². The average molecular weight is 224 g/mol. The minimum absolute atomic E-state index is 0.0500. The molecule has 0 saturated heterocycles. The summed E-state index contributed by atoms with van der Waals surface area (Å²) in [6.07, 6.45) is 0. The highest BCUT2D eigenvalue weighted by Crippen LogP contribution is 2.20. The summed E-state index contributed by atoms with van der Waals surface area (Å²) in [5.74, 6) is 0.852. The van der Waals surface area contributed by atoms with Crippen LogP contribution in [0.3, 0.4) is 0 Å². The smallest absolute Gasteiger partial charge is 0.221 e. The molecule has 1 rings (SSSR count). The molecular weight excluding hydrogens is 208 g/mol. The van der Waals surface area contributed by atoms with Crippen LogP contribution in [0.25, 0.3) is 0 Å². The normalized spacial score (nSPS) is 12.2. The van der Waals surface area contributed by atoms with Crippen molar-refractivity contribution >= 4 is 23.4 Å². The van der Waals surface area contributed by atoms with Gasteiger partial charge in [-0.2, -0.15) is 0 Å². The molecule has 15 heavy (non-hydrogen) atoms. The SMILES string of the molecule is CC(=O)Nc1ccc(SC[C@H](C)N)cc1. The fourth-order valence-electron chi connectivity index (χ4n) is 1.07. The van der Waals surface area contributed by atoms with Crippen molar-refractivity contribution in [1.29, 1.82) is 0 Å². The van der Waals surface area contributed by atoms with Gasteiger partial charge in [0, 0.05) is 29.3 Å². The Bertz CT molecular complexity index is 322. The predicted molar refractivity (Wildman–Crippen MR) is 65.1 cm³/mol. The quantitative estimate of drug-likeness (QED) is 0.770. The van der Waals surface area contributed by atoms with E-state index < -0.39 is 0 Å². The van der Waals surface area contributed by atoms with Gasteiger partial charge in [0.2, 0.25) is 5.91 Å². The van der Waals surface area contributed by atoms with E-state index in [1.807, 2.05) is 31.2 Å². The van der Waals surface area contributed by atoms with Crippen LogP contribution >= 0.6 is 11.8 Å². The molecule has 0 bridgehead atoms. The highest BCUT2D eigenvalue weighted by atomic mass is 32.2. The van der Waals surface area contributed by atoms with Crippen LogP contribution in [0.15, 0.2) is 29.2 Å². The van der Waals surface area contributed by atoms with E-state index in [-0.39, 0.29) is 11.9 Å². The van der Waals surface area contributed by atoms with Crippen molar-refractivity contribution in [3.05, 3.63) is 24.3 Å². The molecule has 1 aromatic rings. The number of hydrogen-bond acceptors (Lipinski definition) is 3. The molecule has 0 saturated carbocycles. The second kappa shape index (κ2) is 5.78.